The van der Waals surface area contributed by atoms with E-state index in [0.29, 0.717) is 12.5 Å². The van der Waals surface area contributed by atoms with Crippen molar-refractivity contribution in [1.29, 1.82) is 0 Å². The first-order chi connectivity index (χ1) is 6.37. The van der Waals surface area contributed by atoms with Gasteiger partial charge in [0.2, 0.25) is 0 Å². The fourth-order valence-electron chi connectivity index (χ4n) is 2.00. The van der Waals surface area contributed by atoms with Crippen LogP contribution >= 0.6 is 7.82 Å². The lowest BCUT2D eigenvalue weighted by atomic mass is 9.64. The maximum atomic E-state index is 10.7. The highest BCUT2D eigenvalue weighted by Gasteiger charge is 2.48. The number of phosphoric ester groups is 1. The summed E-state index contributed by atoms with van der Waals surface area (Å²) in [6.07, 6.45) is -0.384. The molecule has 1 saturated carbocycles. The van der Waals surface area contributed by atoms with E-state index >= 15 is 0 Å². The topological polar surface area (TPSA) is 76.0 Å². The summed E-state index contributed by atoms with van der Waals surface area (Å²) in [5.74, 6) is 0.636. The van der Waals surface area contributed by atoms with Gasteiger partial charge in [-0.1, -0.05) is 13.8 Å². The van der Waals surface area contributed by atoms with Crippen LogP contribution in [0.5, 0.6) is 0 Å². The van der Waals surface area contributed by atoms with Gasteiger partial charge in [0.25, 0.3) is 0 Å². The van der Waals surface area contributed by atoms with Gasteiger partial charge >= 0.3 is 7.82 Å². The monoisotopic (exact) mass is 224 g/mol. The lowest BCUT2D eigenvalue weighted by Crippen LogP contribution is -2.51. The molecule has 1 aliphatic rings. The molecule has 4 atom stereocenters. The smallest absolute Gasteiger partial charge is 0.384 e. The van der Waals surface area contributed by atoms with Crippen LogP contribution in [0.25, 0.3) is 0 Å². The predicted molar refractivity (Wildman–Crippen MR) is 50.6 cm³/mol. The zero-order chi connectivity index (χ0) is 10.9. The van der Waals surface area contributed by atoms with Gasteiger partial charge in [0, 0.05) is 13.0 Å². The molecular weight excluding hydrogens is 207 g/mol. The molecule has 0 radical (unpaired) electrons. The highest BCUT2D eigenvalue weighted by atomic mass is 31.2. The van der Waals surface area contributed by atoms with Crippen molar-refractivity contribution in [2.45, 2.75) is 20.0 Å². The number of phosphoric acid groups is 1. The van der Waals surface area contributed by atoms with Gasteiger partial charge in [-0.05, 0) is 11.8 Å². The molecule has 0 aromatic rings. The zero-order valence-corrected chi connectivity index (χ0v) is 9.48. The largest absolute Gasteiger partial charge is 0.469 e. The highest BCUT2D eigenvalue weighted by Crippen LogP contribution is 2.50. The summed E-state index contributed by atoms with van der Waals surface area (Å²) in [5, 5.41) is 0. The second kappa shape index (κ2) is 4.29. The van der Waals surface area contributed by atoms with E-state index < -0.39 is 7.82 Å². The second-order valence-corrected chi connectivity index (χ2v) is 5.09. The van der Waals surface area contributed by atoms with E-state index in [9.17, 15) is 4.57 Å². The predicted octanol–water partition coefficient (Wildman–Crippen LogP) is 1.01. The van der Waals surface area contributed by atoms with Crippen LogP contribution in [0.3, 0.4) is 0 Å². The number of rotatable bonds is 4. The molecule has 2 unspecified atom stereocenters. The molecule has 1 rings (SSSR count). The first-order valence-electron chi connectivity index (χ1n) is 4.59. The molecule has 0 spiro atoms. The first-order valence-corrected chi connectivity index (χ1v) is 6.12. The van der Waals surface area contributed by atoms with Gasteiger partial charge in [0.1, 0.15) is 0 Å². The Hall–Kier alpha value is 0.0700. The normalized spacial score (nSPS) is 38.1. The molecule has 6 heteroatoms. The zero-order valence-electron chi connectivity index (χ0n) is 8.58. The van der Waals surface area contributed by atoms with Crippen LogP contribution in [0.15, 0.2) is 0 Å². The molecular formula is C8H17O5P. The Morgan fingerprint density at radius 1 is 1.29 bits per heavy atom. The van der Waals surface area contributed by atoms with Crippen molar-refractivity contribution in [2.75, 3.05) is 13.7 Å². The van der Waals surface area contributed by atoms with E-state index in [2.05, 4.69) is 0 Å². The van der Waals surface area contributed by atoms with Crippen molar-refractivity contribution >= 4 is 7.82 Å². The average Bonchev–Trinajstić information content (AvgIpc) is 2.09. The van der Waals surface area contributed by atoms with Crippen LogP contribution in [0.2, 0.25) is 0 Å². The summed E-state index contributed by atoms with van der Waals surface area (Å²) in [6, 6.07) is 0. The summed E-state index contributed by atoms with van der Waals surface area (Å²) < 4.78 is 20.4. The third-order valence-corrected chi connectivity index (χ3v) is 3.58. The quantitative estimate of drug-likeness (QED) is 0.697. The Morgan fingerprint density at radius 2 is 1.86 bits per heavy atom. The third-order valence-electron chi connectivity index (χ3n) is 3.06. The molecule has 14 heavy (non-hydrogen) atoms. The maximum Gasteiger partial charge on any atom is 0.469 e. The van der Waals surface area contributed by atoms with E-state index in [4.69, 9.17) is 19.0 Å². The number of ether oxygens (including phenoxy) is 1. The Morgan fingerprint density at radius 3 is 2.29 bits per heavy atom. The summed E-state index contributed by atoms with van der Waals surface area (Å²) in [6.45, 7) is 4.45. The molecule has 0 heterocycles. The Bertz CT molecular complexity index is 238. The minimum atomic E-state index is -4.37. The second-order valence-electron chi connectivity index (χ2n) is 3.90. The maximum absolute atomic E-state index is 10.7. The molecule has 0 amide bonds. The van der Waals surface area contributed by atoms with E-state index in [1.165, 1.54) is 0 Å². The molecule has 0 aliphatic heterocycles. The standard InChI is InChI=1S/C8H17O5P/c1-5-6(2)8(7(5)4-12-3)13-14(9,10)11/h5-8H,4H2,1-3H3,(H2,9,10,11)/t5?,6?,7-,8+/m0/s1. The summed E-state index contributed by atoms with van der Waals surface area (Å²) in [4.78, 5) is 17.4. The van der Waals surface area contributed by atoms with Gasteiger partial charge in [-0.15, -0.1) is 0 Å². The molecule has 5 nitrogen and oxygen atoms in total. The van der Waals surface area contributed by atoms with Crippen molar-refractivity contribution in [2.24, 2.45) is 17.8 Å². The third kappa shape index (κ3) is 2.55. The van der Waals surface area contributed by atoms with Gasteiger partial charge < -0.3 is 14.5 Å². The fraction of sp³-hybridized carbons (Fsp3) is 1.00. The van der Waals surface area contributed by atoms with Gasteiger partial charge in [0.15, 0.2) is 0 Å². The van der Waals surface area contributed by atoms with Crippen molar-refractivity contribution in [3.05, 3.63) is 0 Å². The number of methoxy groups -OCH3 is 1. The van der Waals surface area contributed by atoms with Gasteiger partial charge in [-0.25, -0.2) is 4.57 Å². The van der Waals surface area contributed by atoms with E-state index in [1.807, 2.05) is 13.8 Å². The molecule has 1 aliphatic carbocycles. The molecule has 84 valence electrons. The average molecular weight is 224 g/mol. The number of hydrogen-bond donors (Lipinski definition) is 2. The van der Waals surface area contributed by atoms with Crippen LogP contribution in [-0.4, -0.2) is 29.6 Å². The van der Waals surface area contributed by atoms with Crippen molar-refractivity contribution < 1.29 is 23.6 Å². The Labute approximate surface area is 83.7 Å². The van der Waals surface area contributed by atoms with Gasteiger partial charge in [0.05, 0.1) is 12.7 Å². The summed E-state index contributed by atoms with van der Waals surface area (Å²) in [7, 11) is -2.79. The molecule has 0 bridgehead atoms. The Kier molecular flexibility index (Phi) is 3.72. The summed E-state index contributed by atoms with van der Waals surface area (Å²) >= 11 is 0. The fourth-order valence-corrected chi connectivity index (χ4v) is 2.67. The molecule has 1 fully saturated rings. The Balaban J connectivity index is 2.55. The van der Waals surface area contributed by atoms with Gasteiger partial charge in [-0.3, -0.25) is 4.52 Å². The first kappa shape index (κ1) is 12.1. The SMILES string of the molecule is COC[C@H]1C(C)C(C)[C@H]1OP(=O)(O)O. The van der Waals surface area contributed by atoms with Crippen molar-refractivity contribution in [1.82, 2.24) is 0 Å². The highest BCUT2D eigenvalue weighted by molar-refractivity contribution is 7.46. The molecule has 0 aromatic heterocycles. The van der Waals surface area contributed by atoms with E-state index in [0.717, 1.165) is 0 Å². The van der Waals surface area contributed by atoms with Crippen molar-refractivity contribution in [3.63, 3.8) is 0 Å². The van der Waals surface area contributed by atoms with E-state index in [-0.39, 0.29) is 17.9 Å². The van der Waals surface area contributed by atoms with Crippen LogP contribution in [0.1, 0.15) is 13.8 Å². The van der Waals surface area contributed by atoms with Crippen LogP contribution in [0.4, 0.5) is 0 Å². The van der Waals surface area contributed by atoms with Crippen LogP contribution in [-0.2, 0) is 13.8 Å². The minimum absolute atomic E-state index is 0.0858. The van der Waals surface area contributed by atoms with E-state index in [1.54, 1.807) is 7.11 Å². The lowest BCUT2D eigenvalue weighted by molar-refractivity contribution is -0.105. The molecule has 0 aromatic carbocycles. The van der Waals surface area contributed by atoms with Crippen LogP contribution in [0, 0.1) is 17.8 Å². The van der Waals surface area contributed by atoms with Crippen LogP contribution < -0.4 is 0 Å². The minimum Gasteiger partial charge on any atom is -0.384 e. The lowest BCUT2D eigenvalue weighted by Gasteiger charge is -2.48. The van der Waals surface area contributed by atoms with Gasteiger partial charge in [-0.2, -0.15) is 0 Å². The number of hydrogen-bond acceptors (Lipinski definition) is 3. The molecule has 0 saturated heterocycles. The van der Waals surface area contributed by atoms with Crippen molar-refractivity contribution in [3.8, 4) is 0 Å². The summed E-state index contributed by atoms with van der Waals surface area (Å²) in [5.41, 5.74) is 0. The molecule has 2 N–H and O–H groups in total.